The van der Waals surface area contributed by atoms with Crippen molar-refractivity contribution in [1.29, 1.82) is 0 Å². The van der Waals surface area contributed by atoms with Gasteiger partial charge in [-0.2, -0.15) is 21.6 Å². The fraction of sp³-hybridized carbons (Fsp3) is 0.0909. The molecule has 2 heterocycles. The molecule has 0 saturated carbocycles. The van der Waals surface area contributed by atoms with Gasteiger partial charge in [0.15, 0.2) is 0 Å². The molecule has 1 fully saturated rings. The SMILES string of the molecule is O=C1CN(c2ccc(Cn3cc(-c4ccc(Cl)cc4)nc3/C=C/c3ccc(-c4cccc(C(F)(F)F)c4)cc3)cc2)S(=O)(=O)N1. The molecule has 0 atom stereocenters. The highest BCUT2D eigenvalue weighted by molar-refractivity contribution is 7.92. The number of halogens is 4. The van der Waals surface area contributed by atoms with Crippen LogP contribution in [0.15, 0.2) is 103 Å². The lowest BCUT2D eigenvalue weighted by Crippen LogP contribution is -2.29. The van der Waals surface area contributed by atoms with E-state index in [9.17, 15) is 26.4 Å². The van der Waals surface area contributed by atoms with Gasteiger partial charge in [-0.1, -0.05) is 78.3 Å². The van der Waals surface area contributed by atoms with Gasteiger partial charge in [0.05, 0.1) is 16.9 Å². The summed E-state index contributed by atoms with van der Waals surface area (Å²) < 4.78 is 68.8. The van der Waals surface area contributed by atoms with Gasteiger partial charge in [-0.15, -0.1) is 0 Å². The monoisotopic (exact) mass is 648 g/mol. The summed E-state index contributed by atoms with van der Waals surface area (Å²) in [6, 6.07) is 26.6. The summed E-state index contributed by atoms with van der Waals surface area (Å²) in [6.45, 7) is 0.141. The minimum Gasteiger partial charge on any atom is -0.326 e. The van der Waals surface area contributed by atoms with Gasteiger partial charge in [-0.05, 0) is 64.7 Å². The molecule has 0 spiro atoms. The van der Waals surface area contributed by atoms with Crippen molar-refractivity contribution >= 4 is 45.6 Å². The van der Waals surface area contributed by atoms with Crippen LogP contribution in [-0.4, -0.2) is 30.4 Å². The summed E-state index contributed by atoms with van der Waals surface area (Å²) in [4.78, 5) is 16.4. The first-order valence-electron chi connectivity index (χ1n) is 13.7. The minimum atomic E-state index is -4.42. The Morgan fingerprint density at radius 3 is 2.20 bits per heavy atom. The van der Waals surface area contributed by atoms with Crippen LogP contribution in [0.25, 0.3) is 34.5 Å². The lowest BCUT2D eigenvalue weighted by molar-refractivity contribution is -0.137. The van der Waals surface area contributed by atoms with E-state index in [1.165, 1.54) is 6.07 Å². The van der Waals surface area contributed by atoms with Crippen LogP contribution in [0, 0.1) is 0 Å². The third-order valence-electron chi connectivity index (χ3n) is 7.20. The molecule has 0 bridgehead atoms. The highest BCUT2D eigenvalue weighted by atomic mass is 35.5. The molecule has 228 valence electrons. The normalized spacial score (nSPS) is 14.7. The summed E-state index contributed by atoms with van der Waals surface area (Å²) in [5.74, 6) is 0.0526. The van der Waals surface area contributed by atoms with Crippen LogP contribution in [0.4, 0.5) is 18.9 Å². The fourth-order valence-electron chi connectivity index (χ4n) is 4.92. The molecule has 1 amide bonds. The number of benzene rings is 4. The number of hydrogen-bond donors (Lipinski definition) is 1. The van der Waals surface area contributed by atoms with Gasteiger partial charge in [-0.3, -0.25) is 4.79 Å². The summed E-state index contributed by atoms with van der Waals surface area (Å²) in [5.41, 5.74) is 4.09. The van der Waals surface area contributed by atoms with Crippen molar-refractivity contribution in [2.24, 2.45) is 0 Å². The molecule has 7 nitrogen and oxygen atoms in total. The molecule has 1 aliphatic rings. The first-order chi connectivity index (χ1) is 21.4. The number of anilines is 1. The zero-order valence-electron chi connectivity index (χ0n) is 23.4. The molecule has 1 N–H and O–H groups in total. The van der Waals surface area contributed by atoms with Crippen molar-refractivity contribution in [1.82, 2.24) is 14.3 Å². The van der Waals surface area contributed by atoms with E-state index in [1.54, 1.807) is 54.6 Å². The zero-order valence-corrected chi connectivity index (χ0v) is 24.9. The average molecular weight is 649 g/mol. The van der Waals surface area contributed by atoms with Gasteiger partial charge in [0.25, 0.3) is 5.91 Å². The van der Waals surface area contributed by atoms with Crippen molar-refractivity contribution < 1.29 is 26.4 Å². The number of carbonyl (C=O) groups is 1. The fourth-order valence-corrected chi connectivity index (χ4v) is 6.20. The Morgan fingerprint density at radius 1 is 0.867 bits per heavy atom. The predicted molar refractivity (Wildman–Crippen MR) is 168 cm³/mol. The Kier molecular flexibility index (Phi) is 7.98. The maximum atomic E-state index is 13.2. The molecular weight excluding hydrogens is 625 g/mol. The Bertz CT molecular complexity index is 2010. The number of nitrogens with zero attached hydrogens (tertiary/aromatic N) is 3. The first-order valence-corrected chi connectivity index (χ1v) is 15.5. The van der Waals surface area contributed by atoms with Gasteiger partial charge >= 0.3 is 16.4 Å². The van der Waals surface area contributed by atoms with Crippen molar-refractivity contribution in [2.75, 3.05) is 10.8 Å². The number of amides is 1. The summed E-state index contributed by atoms with van der Waals surface area (Å²) in [5, 5.41) is 0.601. The largest absolute Gasteiger partial charge is 0.416 e. The van der Waals surface area contributed by atoms with E-state index in [2.05, 4.69) is 0 Å². The minimum absolute atomic E-state index is 0.274. The third-order valence-corrected chi connectivity index (χ3v) is 8.86. The van der Waals surface area contributed by atoms with Crippen molar-refractivity contribution in [3.8, 4) is 22.4 Å². The molecule has 4 aromatic carbocycles. The predicted octanol–water partition coefficient (Wildman–Crippen LogP) is 7.29. The Hall–Kier alpha value is -4.87. The Labute approximate surface area is 262 Å². The second kappa shape index (κ2) is 11.9. The molecule has 1 aliphatic heterocycles. The van der Waals surface area contributed by atoms with E-state index in [4.69, 9.17) is 16.6 Å². The molecule has 6 rings (SSSR count). The Morgan fingerprint density at radius 2 is 1.56 bits per heavy atom. The average Bonchev–Trinajstić information content (AvgIpc) is 3.54. The number of carbonyl (C=O) groups excluding carboxylic acids is 1. The third kappa shape index (κ3) is 6.79. The van der Waals surface area contributed by atoms with Crippen LogP contribution in [0.1, 0.15) is 22.5 Å². The van der Waals surface area contributed by atoms with E-state index < -0.39 is 27.9 Å². The number of rotatable bonds is 7. The molecule has 0 radical (unpaired) electrons. The lowest BCUT2D eigenvalue weighted by Gasteiger charge is -2.15. The van der Waals surface area contributed by atoms with Crippen LogP contribution in [-0.2, 0) is 27.7 Å². The number of aromatic nitrogens is 2. The highest BCUT2D eigenvalue weighted by Gasteiger charge is 2.34. The van der Waals surface area contributed by atoms with Crippen LogP contribution >= 0.6 is 11.6 Å². The molecule has 1 saturated heterocycles. The summed E-state index contributed by atoms with van der Waals surface area (Å²) in [7, 11) is -3.90. The van der Waals surface area contributed by atoms with Gasteiger partial charge in [0.1, 0.15) is 12.4 Å². The van der Waals surface area contributed by atoms with Gasteiger partial charge in [0, 0.05) is 23.3 Å². The quantitative estimate of drug-likeness (QED) is 0.201. The number of alkyl halides is 3. The summed E-state index contributed by atoms with van der Waals surface area (Å²) >= 11 is 6.07. The maximum Gasteiger partial charge on any atom is 0.416 e. The van der Waals surface area contributed by atoms with Crippen LogP contribution in [0.2, 0.25) is 5.02 Å². The molecule has 0 aliphatic carbocycles. The van der Waals surface area contributed by atoms with E-state index in [0.717, 1.165) is 38.8 Å². The number of hydrogen-bond acceptors (Lipinski definition) is 4. The molecular formula is C33H24ClF3N4O3S. The van der Waals surface area contributed by atoms with E-state index in [1.807, 2.05) is 51.9 Å². The standard InChI is InChI=1S/C33H24ClF3N4O3S/c34-28-13-11-25(12-14-28)30-20-40(19-23-6-15-29(16-7-23)41-21-32(42)39-45(41,43)44)31(38-30)17-8-22-4-9-24(10-5-22)26-2-1-3-27(18-26)33(35,36)37/h1-18,20H,19,21H2,(H,39,42)/b17-8+. The smallest absolute Gasteiger partial charge is 0.326 e. The number of imidazole rings is 1. The van der Waals surface area contributed by atoms with Crippen LogP contribution in [0.5, 0.6) is 0 Å². The molecule has 45 heavy (non-hydrogen) atoms. The second-order valence-electron chi connectivity index (χ2n) is 10.4. The van der Waals surface area contributed by atoms with E-state index in [-0.39, 0.29) is 6.54 Å². The highest BCUT2D eigenvalue weighted by Crippen LogP contribution is 2.32. The molecule has 0 unspecified atom stereocenters. The van der Waals surface area contributed by atoms with E-state index >= 15 is 0 Å². The maximum absolute atomic E-state index is 13.2. The van der Waals surface area contributed by atoms with Crippen LogP contribution in [0.3, 0.4) is 0 Å². The Balaban J connectivity index is 1.26. The van der Waals surface area contributed by atoms with Crippen LogP contribution < -0.4 is 9.03 Å². The molecule has 5 aromatic rings. The zero-order chi connectivity index (χ0) is 31.8. The molecule has 1 aromatic heterocycles. The van der Waals surface area contributed by atoms with Gasteiger partial charge in [-0.25, -0.2) is 14.0 Å². The molecule has 12 heteroatoms. The number of nitrogens with one attached hydrogen (secondary N) is 1. The van der Waals surface area contributed by atoms with Gasteiger partial charge < -0.3 is 4.57 Å². The first kappa shape index (κ1) is 30.2. The van der Waals surface area contributed by atoms with E-state index in [0.29, 0.717) is 34.2 Å². The van der Waals surface area contributed by atoms with Crippen molar-refractivity contribution in [3.63, 3.8) is 0 Å². The topological polar surface area (TPSA) is 84.3 Å². The summed E-state index contributed by atoms with van der Waals surface area (Å²) in [6.07, 6.45) is 1.20. The lowest BCUT2D eigenvalue weighted by atomic mass is 10.0. The second-order valence-corrected chi connectivity index (χ2v) is 12.4. The van der Waals surface area contributed by atoms with Crippen molar-refractivity contribution in [2.45, 2.75) is 12.7 Å². The van der Waals surface area contributed by atoms with Gasteiger partial charge in [0.2, 0.25) is 0 Å². The van der Waals surface area contributed by atoms with Crippen molar-refractivity contribution in [3.05, 3.63) is 131 Å².